The molecule has 0 heterocycles. The largest absolute Gasteiger partial charge is 0.351 e. The first kappa shape index (κ1) is 19.2. The number of rotatable bonds is 5. The van der Waals surface area contributed by atoms with E-state index in [4.69, 9.17) is 23.2 Å². The molecule has 2 N–H and O–H groups in total. The Bertz CT molecular complexity index is 809. The van der Waals surface area contributed by atoms with Gasteiger partial charge in [0.05, 0.1) is 5.02 Å². The Morgan fingerprint density at radius 2 is 1.72 bits per heavy atom. The molecule has 0 saturated heterocycles. The van der Waals surface area contributed by atoms with E-state index in [1.54, 1.807) is 18.2 Å². The minimum atomic E-state index is -1.35. The molecular formula is C18H17Cl2FN2O2. The van der Waals surface area contributed by atoms with E-state index in [0.29, 0.717) is 10.7 Å². The van der Waals surface area contributed by atoms with Gasteiger partial charge in [0, 0.05) is 17.3 Å². The van der Waals surface area contributed by atoms with Gasteiger partial charge in [0.1, 0.15) is 11.2 Å². The van der Waals surface area contributed by atoms with Crippen LogP contribution in [0.2, 0.25) is 10.0 Å². The van der Waals surface area contributed by atoms with Gasteiger partial charge in [-0.1, -0.05) is 41.4 Å². The Balaban J connectivity index is 2.03. The summed E-state index contributed by atoms with van der Waals surface area (Å²) in [5.41, 5.74) is -0.287. The summed E-state index contributed by atoms with van der Waals surface area (Å²) in [5.74, 6) is -1.58. The second kappa shape index (κ2) is 7.85. The molecule has 0 aliphatic carbocycles. The first-order valence-corrected chi connectivity index (χ1v) is 8.25. The van der Waals surface area contributed by atoms with Crippen LogP contribution in [0.25, 0.3) is 0 Å². The van der Waals surface area contributed by atoms with Crippen molar-refractivity contribution in [3.8, 4) is 0 Å². The van der Waals surface area contributed by atoms with E-state index in [2.05, 4.69) is 10.6 Å². The maximum Gasteiger partial charge on any atom is 0.239 e. The molecule has 132 valence electrons. The summed E-state index contributed by atoms with van der Waals surface area (Å²) < 4.78 is 13.2. The van der Waals surface area contributed by atoms with E-state index in [1.807, 2.05) is 6.07 Å². The number of benzene rings is 2. The zero-order valence-electron chi connectivity index (χ0n) is 13.7. The summed E-state index contributed by atoms with van der Waals surface area (Å²) in [6.07, 6.45) is 0. The second-order valence-electron chi connectivity index (χ2n) is 5.98. The number of carbonyl (C=O) groups is 2. The van der Waals surface area contributed by atoms with Crippen molar-refractivity contribution in [1.82, 2.24) is 5.32 Å². The number of anilines is 1. The zero-order valence-corrected chi connectivity index (χ0v) is 15.2. The van der Waals surface area contributed by atoms with E-state index in [1.165, 1.54) is 26.0 Å². The van der Waals surface area contributed by atoms with Gasteiger partial charge in [0.15, 0.2) is 0 Å². The molecule has 2 aromatic rings. The minimum absolute atomic E-state index is 0.112. The van der Waals surface area contributed by atoms with E-state index in [0.717, 1.165) is 11.6 Å². The first-order chi connectivity index (χ1) is 11.7. The van der Waals surface area contributed by atoms with Gasteiger partial charge < -0.3 is 10.6 Å². The van der Waals surface area contributed by atoms with Crippen molar-refractivity contribution in [2.24, 2.45) is 5.41 Å². The number of carbonyl (C=O) groups excluding carboxylic acids is 2. The predicted octanol–water partition coefficient (Wildman–Crippen LogP) is 4.41. The van der Waals surface area contributed by atoms with Gasteiger partial charge in [0.2, 0.25) is 11.8 Å². The quantitative estimate of drug-likeness (QED) is 0.752. The third-order valence-electron chi connectivity index (χ3n) is 3.71. The van der Waals surface area contributed by atoms with Gasteiger partial charge in [-0.3, -0.25) is 9.59 Å². The van der Waals surface area contributed by atoms with Gasteiger partial charge in [0.25, 0.3) is 0 Å². The molecule has 0 unspecified atom stereocenters. The highest BCUT2D eigenvalue weighted by Gasteiger charge is 2.36. The normalized spacial score (nSPS) is 11.1. The van der Waals surface area contributed by atoms with Crippen LogP contribution in [0.1, 0.15) is 19.4 Å². The lowest BCUT2D eigenvalue weighted by atomic mass is 9.90. The van der Waals surface area contributed by atoms with Crippen molar-refractivity contribution in [2.75, 3.05) is 5.32 Å². The highest BCUT2D eigenvalue weighted by atomic mass is 35.5. The molecule has 0 aliphatic heterocycles. The average molecular weight is 383 g/mol. The molecular weight excluding hydrogens is 366 g/mol. The summed E-state index contributed by atoms with van der Waals surface area (Å²) in [7, 11) is 0. The lowest BCUT2D eigenvalue weighted by Gasteiger charge is -2.23. The van der Waals surface area contributed by atoms with Crippen LogP contribution in [-0.4, -0.2) is 11.8 Å². The fourth-order valence-corrected chi connectivity index (χ4v) is 2.39. The number of hydrogen-bond donors (Lipinski definition) is 2. The van der Waals surface area contributed by atoms with Crippen molar-refractivity contribution >= 4 is 40.7 Å². The molecule has 0 aliphatic rings. The van der Waals surface area contributed by atoms with Crippen LogP contribution >= 0.6 is 23.2 Å². The molecule has 2 aromatic carbocycles. The summed E-state index contributed by atoms with van der Waals surface area (Å²) in [5, 5.41) is 5.68. The van der Waals surface area contributed by atoms with Crippen LogP contribution < -0.4 is 10.6 Å². The molecule has 4 nitrogen and oxygen atoms in total. The summed E-state index contributed by atoms with van der Waals surface area (Å²) in [6.45, 7) is 3.20. The lowest BCUT2D eigenvalue weighted by molar-refractivity contribution is -0.138. The third kappa shape index (κ3) is 4.71. The summed E-state index contributed by atoms with van der Waals surface area (Å²) >= 11 is 11.7. The van der Waals surface area contributed by atoms with Crippen molar-refractivity contribution < 1.29 is 14.0 Å². The van der Waals surface area contributed by atoms with Gasteiger partial charge in [-0.05, 0) is 43.7 Å². The Morgan fingerprint density at radius 3 is 2.36 bits per heavy atom. The van der Waals surface area contributed by atoms with Crippen LogP contribution in [-0.2, 0) is 16.1 Å². The fourth-order valence-electron chi connectivity index (χ4n) is 2.00. The van der Waals surface area contributed by atoms with Crippen molar-refractivity contribution in [2.45, 2.75) is 20.4 Å². The maximum atomic E-state index is 13.2. The number of hydrogen-bond acceptors (Lipinski definition) is 2. The second-order valence-corrected chi connectivity index (χ2v) is 6.80. The van der Waals surface area contributed by atoms with Crippen LogP contribution in [0.4, 0.5) is 10.1 Å². The van der Waals surface area contributed by atoms with E-state index < -0.39 is 23.0 Å². The first-order valence-electron chi connectivity index (χ1n) is 7.50. The molecule has 0 fully saturated rings. The summed E-state index contributed by atoms with van der Waals surface area (Å²) in [6, 6.07) is 10.9. The highest BCUT2D eigenvalue weighted by Crippen LogP contribution is 2.23. The standard InChI is InChI=1S/C18H17Cl2FN2O2/c1-18(2,16(24)22-10-11-5-3-4-6-13(11)19)17(25)23-12-7-8-15(21)14(20)9-12/h3-9H,10H2,1-2H3,(H,22,24)(H,23,25). The van der Waals surface area contributed by atoms with Crippen LogP contribution in [0.15, 0.2) is 42.5 Å². The minimum Gasteiger partial charge on any atom is -0.351 e. The molecule has 0 aromatic heterocycles. The van der Waals surface area contributed by atoms with E-state index in [-0.39, 0.29) is 11.6 Å². The molecule has 7 heteroatoms. The maximum absolute atomic E-state index is 13.2. The Kier molecular flexibility index (Phi) is 6.03. The molecule has 0 saturated carbocycles. The Morgan fingerprint density at radius 1 is 1.04 bits per heavy atom. The molecule has 25 heavy (non-hydrogen) atoms. The van der Waals surface area contributed by atoms with E-state index in [9.17, 15) is 14.0 Å². The zero-order chi connectivity index (χ0) is 18.6. The van der Waals surface area contributed by atoms with Gasteiger partial charge in [-0.2, -0.15) is 0 Å². The van der Waals surface area contributed by atoms with Gasteiger partial charge in [-0.15, -0.1) is 0 Å². The Labute approximate surface area is 155 Å². The van der Waals surface area contributed by atoms with Crippen molar-refractivity contribution in [1.29, 1.82) is 0 Å². The van der Waals surface area contributed by atoms with Crippen molar-refractivity contribution in [3.05, 3.63) is 63.9 Å². The van der Waals surface area contributed by atoms with Crippen molar-refractivity contribution in [3.63, 3.8) is 0 Å². The molecule has 2 rings (SSSR count). The molecule has 2 amide bonds. The number of nitrogens with one attached hydrogen (secondary N) is 2. The highest BCUT2D eigenvalue weighted by molar-refractivity contribution is 6.31. The van der Waals surface area contributed by atoms with Gasteiger partial charge >= 0.3 is 0 Å². The smallest absolute Gasteiger partial charge is 0.239 e. The lowest BCUT2D eigenvalue weighted by Crippen LogP contribution is -2.44. The molecule has 0 bridgehead atoms. The monoisotopic (exact) mass is 382 g/mol. The SMILES string of the molecule is CC(C)(C(=O)NCc1ccccc1Cl)C(=O)Nc1ccc(F)c(Cl)c1. The van der Waals surface area contributed by atoms with Crippen LogP contribution in [0.5, 0.6) is 0 Å². The Hall–Kier alpha value is -2.11. The van der Waals surface area contributed by atoms with Gasteiger partial charge in [-0.25, -0.2) is 4.39 Å². The topological polar surface area (TPSA) is 58.2 Å². The number of amides is 2. The molecule has 0 radical (unpaired) electrons. The van der Waals surface area contributed by atoms with E-state index >= 15 is 0 Å². The summed E-state index contributed by atoms with van der Waals surface area (Å²) in [4.78, 5) is 24.8. The fraction of sp³-hybridized carbons (Fsp3) is 0.222. The number of halogens is 3. The predicted molar refractivity (Wildman–Crippen MR) is 97.1 cm³/mol. The van der Waals surface area contributed by atoms with Crippen LogP contribution in [0.3, 0.4) is 0 Å². The average Bonchev–Trinajstić information content (AvgIpc) is 2.57. The molecule has 0 spiro atoms. The molecule has 0 atom stereocenters. The van der Waals surface area contributed by atoms with Crippen LogP contribution in [0, 0.1) is 11.2 Å². The third-order valence-corrected chi connectivity index (χ3v) is 4.37.